The number of guanidine groups is 1. The number of carbonyl (C=O) groups is 1. The first-order valence-electron chi connectivity index (χ1n) is 8.39. The Morgan fingerprint density at radius 1 is 0.963 bits per heavy atom. The number of hydrogen-bond acceptors (Lipinski definition) is 2. The number of hydrogen-bond donors (Lipinski definition) is 3. The molecule has 2 aromatic carbocycles. The summed E-state index contributed by atoms with van der Waals surface area (Å²) in [7, 11) is 0. The van der Waals surface area contributed by atoms with E-state index in [0.717, 1.165) is 5.56 Å². The minimum Gasteiger partial charge on any atom is -0.357 e. The van der Waals surface area contributed by atoms with E-state index in [1.54, 1.807) is 12.1 Å². The quantitative estimate of drug-likeness (QED) is 0.319. The number of nitrogens with zero attached hydrogens (tertiary/aromatic N) is 1. The van der Waals surface area contributed by atoms with Gasteiger partial charge in [0.2, 0.25) is 5.91 Å². The van der Waals surface area contributed by atoms with Gasteiger partial charge in [-0.05, 0) is 55.3 Å². The second kappa shape index (κ2) is 12.2. The van der Waals surface area contributed by atoms with Crippen molar-refractivity contribution in [2.45, 2.75) is 13.3 Å². The van der Waals surface area contributed by atoms with Crippen LogP contribution in [0.3, 0.4) is 0 Å². The summed E-state index contributed by atoms with van der Waals surface area (Å²) in [6.07, 6.45) is 0.701. The van der Waals surface area contributed by atoms with E-state index in [-0.39, 0.29) is 48.1 Å². The highest BCUT2D eigenvalue weighted by molar-refractivity contribution is 14.0. The number of benzene rings is 2. The van der Waals surface area contributed by atoms with Crippen molar-refractivity contribution in [3.05, 3.63) is 65.7 Å². The summed E-state index contributed by atoms with van der Waals surface area (Å²) in [5, 5.41) is 8.83. The molecule has 8 heteroatoms. The van der Waals surface area contributed by atoms with Gasteiger partial charge < -0.3 is 16.0 Å². The third kappa shape index (κ3) is 8.80. The molecule has 146 valence electrons. The third-order valence-electron chi connectivity index (χ3n) is 3.47. The highest BCUT2D eigenvalue weighted by Crippen LogP contribution is 2.07. The first kappa shape index (κ1) is 22.8. The molecule has 0 spiro atoms. The Morgan fingerprint density at radius 3 is 2.15 bits per heavy atom. The number of rotatable bonds is 7. The Kier molecular flexibility index (Phi) is 10.3. The van der Waals surface area contributed by atoms with Crippen molar-refractivity contribution < 1.29 is 13.6 Å². The van der Waals surface area contributed by atoms with Gasteiger partial charge in [-0.15, -0.1) is 24.0 Å². The van der Waals surface area contributed by atoms with Crippen molar-refractivity contribution >= 4 is 41.5 Å². The van der Waals surface area contributed by atoms with E-state index in [2.05, 4.69) is 20.9 Å². The van der Waals surface area contributed by atoms with Gasteiger partial charge in [-0.25, -0.2) is 13.8 Å². The zero-order valence-electron chi connectivity index (χ0n) is 15.0. The van der Waals surface area contributed by atoms with E-state index in [0.29, 0.717) is 31.2 Å². The molecule has 2 rings (SSSR count). The van der Waals surface area contributed by atoms with Crippen LogP contribution in [0.15, 0.2) is 53.5 Å². The molecular weight excluding hydrogens is 465 g/mol. The lowest BCUT2D eigenvalue weighted by atomic mass is 10.1. The molecule has 0 atom stereocenters. The van der Waals surface area contributed by atoms with Gasteiger partial charge in [0.05, 0.1) is 0 Å². The van der Waals surface area contributed by atoms with Crippen LogP contribution < -0.4 is 16.0 Å². The fourth-order valence-corrected chi connectivity index (χ4v) is 2.20. The highest BCUT2D eigenvalue weighted by atomic mass is 127. The molecule has 0 radical (unpaired) electrons. The zero-order valence-corrected chi connectivity index (χ0v) is 17.3. The molecule has 27 heavy (non-hydrogen) atoms. The summed E-state index contributed by atoms with van der Waals surface area (Å²) in [5.74, 6) is -0.402. The molecule has 2 aromatic rings. The molecule has 0 unspecified atom stereocenters. The average Bonchev–Trinajstić information content (AvgIpc) is 2.63. The van der Waals surface area contributed by atoms with Crippen molar-refractivity contribution in [1.82, 2.24) is 10.6 Å². The van der Waals surface area contributed by atoms with Crippen LogP contribution in [-0.4, -0.2) is 31.5 Å². The molecule has 1 amide bonds. The Hall–Kier alpha value is -2.23. The van der Waals surface area contributed by atoms with Gasteiger partial charge >= 0.3 is 0 Å². The molecule has 3 N–H and O–H groups in total. The van der Waals surface area contributed by atoms with Crippen LogP contribution in [0.25, 0.3) is 0 Å². The van der Waals surface area contributed by atoms with Crippen LogP contribution in [0.2, 0.25) is 0 Å². The lowest BCUT2D eigenvalue weighted by molar-refractivity contribution is -0.114. The second-order valence-electron chi connectivity index (χ2n) is 5.55. The standard InChI is InChI=1S/C19H22F2N4O.HI/c1-2-22-19(23-12-11-14-3-5-15(20)6-4-14)24-13-18(26)25-17-9-7-16(21)8-10-17;/h3-10H,2,11-13H2,1H3,(H,25,26)(H2,22,23,24);1H. The van der Waals surface area contributed by atoms with Crippen molar-refractivity contribution in [1.29, 1.82) is 0 Å². The van der Waals surface area contributed by atoms with Crippen LogP contribution in [0.4, 0.5) is 14.5 Å². The van der Waals surface area contributed by atoms with Gasteiger partial charge in [-0.1, -0.05) is 12.1 Å². The number of aliphatic imine (C=N–C) groups is 1. The van der Waals surface area contributed by atoms with E-state index in [9.17, 15) is 13.6 Å². The SMILES string of the molecule is CCNC(=NCC(=O)Nc1ccc(F)cc1)NCCc1ccc(F)cc1.I. The largest absolute Gasteiger partial charge is 0.357 e. The maximum Gasteiger partial charge on any atom is 0.246 e. The Balaban J connectivity index is 0.00000364. The molecule has 0 aliphatic heterocycles. The molecule has 0 aliphatic carbocycles. The minimum atomic E-state index is -0.360. The fraction of sp³-hybridized carbons (Fsp3) is 0.263. The summed E-state index contributed by atoms with van der Waals surface area (Å²) in [5.41, 5.74) is 1.52. The number of amides is 1. The van der Waals surface area contributed by atoms with Gasteiger partial charge in [0, 0.05) is 18.8 Å². The fourth-order valence-electron chi connectivity index (χ4n) is 2.20. The van der Waals surface area contributed by atoms with Crippen molar-refractivity contribution in [3.63, 3.8) is 0 Å². The van der Waals surface area contributed by atoms with Crippen LogP contribution in [0.5, 0.6) is 0 Å². The lowest BCUT2D eigenvalue weighted by Crippen LogP contribution is -2.39. The number of anilines is 1. The Labute approximate surface area is 174 Å². The molecular formula is C19H23F2IN4O. The Bertz CT molecular complexity index is 736. The third-order valence-corrected chi connectivity index (χ3v) is 3.47. The van der Waals surface area contributed by atoms with Crippen LogP contribution >= 0.6 is 24.0 Å². The number of halogens is 3. The summed E-state index contributed by atoms with van der Waals surface area (Å²) in [6.45, 7) is 3.11. The lowest BCUT2D eigenvalue weighted by Gasteiger charge is -2.11. The monoisotopic (exact) mass is 488 g/mol. The van der Waals surface area contributed by atoms with Crippen LogP contribution in [-0.2, 0) is 11.2 Å². The molecule has 0 aromatic heterocycles. The van der Waals surface area contributed by atoms with Gasteiger partial charge in [0.1, 0.15) is 18.2 Å². The van der Waals surface area contributed by atoms with Crippen molar-refractivity contribution in [2.75, 3.05) is 25.0 Å². The van der Waals surface area contributed by atoms with Gasteiger partial charge in [-0.3, -0.25) is 4.79 Å². The maximum absolute atomic E-state index is 12.9. The predicted molar refractivity (Wildman–Crippen MR) is 115 cm³/mol. The second-order valence-corrected chi connectivity index (χ2v) is 5.55. The first-order valence-corrected chi connectivity index (χ1v) is 8.39. The molecule has 5 nitrogen and oxygen atoms in total. The smallest absolute Gasteiger partial charge is 0.246 e. The van der Waals surface area contributed by atoms with Crippen LogP contribution in [0.1, 0.15) is 12.5 Å². The molecule has 0 bridgehead atoms. The average molecular weight is 488 g/mol. The van der Waals surface area contributed by atoms with Gasteiger partial charge in [0.25, 0.3) is 0 Å². The number of carbonyl (C=O) groups excluding carboxylic acids is 1. The molecule has 0 aliphatic rings. The van der Waals surface area contributed by atoms with E-state index in [1.807, 2.05) is 6.92 Å². The zero-order chi connectivity index (χ0) is 18.8. The molecule has 0 heterocycles. The highest BCUT2D eigenvalue weighted by Gasteiger charge is 2.04. The van der Waals surface area contributed by atoms with Crippen LogP contribution in [0, 0.1) is 11.6 Å². The van der Waals surface area contributed by atoms with E-state index in [1.165, 1.54) is 36.4 Å². The normalized spacial score (nSPS) is 10.7. The van der Waals surface area contributed by atoms with Gasteiger partial charge in [0.15, 0.2) is 5.96 Å². The minimum absolute atomic E-state index is 0. The maximum atomic E-state index is 12.9. The van der Waals surface area contributed by atoms with E-state index in [4.69, 9.17) is 0 Å². The van der Waals surface area contributed by atoms with Gasteiger partial charge in [-0.2, -0.15) is 0 Å². The summed E-state index contributed by atoms with van der Waals surface area (Å²) >= 11 is 0. The first-order chi connectivity index (χ1) is 12.6. The Morgan fingerprint density at radius 2 is 1.56 bits per heavy atom. The van der Waals surface area contributed by atoms with E-state index >= 15 is 0 Å². The molecule has 0 saturated carbocycles. The van der Waals surface area contributed by atoms with Crippen molar-refractivity contribution in [3.8, 4) is 0 Å². The summed E-state index contributed by atoms with van der Waals surface area (Å²) in [4.78, 5) is 16.2. The van der Waals surface area contributed by atoms with Crippen molar-refractivity contribution in [2.24, 2.45) is 4.99 Å². The topological polar surface area (TPSA) is 65.5 Å². The van der Waals surface area contributed by atoms with E-state index < -0.39 is 0 Å². The number of nitrogens with one attached hydrogen (secondary N) is 3. The predicted octanol–water partition coefficient (Wildman–Crippen LogP) is 3.32. The molecule has 0 saturated heterocycles. The molecule has 0 fully saturated rings. The summed E-state index contributed by atoms with van der Waals surface area (Å²) in [6, 6.07) is 11.9. The summed E-state index contributed by atoms with van der Waals surface area (Å²) < 4.78 is 25.7.